The van der Waals surface area contributed by atoms with Gasteiger partial charge in [-0.25, -0.2) is 0 Å². The number of aryl methyl sites for hydroxylation is 1. The molecule has 1 heterocycles. The van der Waals surface area contributed by atoms with Crippen molar-refractivity contribution in [3.63, 3.8) is 0 Å². The molecule has 0 unspecified atom stereocenters. The molecule has 0 aliphatic heterocycles. The first kappa shape index (κ1) is 16.8. The first-order chi connectivity index (χ1) is 11.4. The van der Waals surface area contributed by atoms with Crippen LogP contribution in [0.25, 0.3) is 0 Å². The molecule has 24 heavy (non-hydrogen) atoms. The van der Waals surface area contributed by atoms with Crippen LogP contribution < -0.4 is 10.9 Å². The van der Waals surface area contributed by atoms with Gasteiger partial charge in [0.1, 0.15) is 0 Å². The summed E-state index contributed by atoms with van der Waals surface area (Å²) < 4.78 is 1.51. The van der Waals surface area contributed by atoms with Gasteiger partial charge < -0.3 is 0 Å². The number of nitrogens with one attached hydrogen (secondary N) is 2. The Morgan fingerprint density at radius 3 is 2.50 bits per heavy atom. The monoisotopic (exact) mass is 366 g/mol. The van der Waals surface area contributed by atoms with Crippen molar-refractivity contribution in [1.29, 1.82) is 0 Å². The summed E-state index contributed by atoms with van der Waals surface area (Å²) in [5.41, 5.74) is 5.43. The molecule has 2 aromatic rings. The van der Waals surface area contributed by atoms with Crippen molar-refractivity contribution in [3.8, 4) is 0 Å². The highest BCUT2D eigenvalue weighted by Crippen LogP contribution is 2.45. The van der Waals surface area contributed by atoms with Gasteiger partial charge in [-0.2, -0.15) is 5.10 Å². The second-order valence-electron chi connectivity index (χ2n) is 5.88. The number of hydrogen-bond donors (Lipinski definition) is 2. The van der Waals surface area contributed by atoms with Gasteiger partial charge >= 0.3 is 0 Å². The standard InChI is InChI=1S/C16H16Cl2N4O2/c1-22-9-10(8-19-22)14(23)20-21-15(24)16(5-2-6-16)11-3-4-12(17)13(18)7-11/h3-4,7-9H,2,5-6H2,1H3,(H,20,23)(H,21,24). The Balaban J connectivity index is 1.72. The van der Waals surface area contributed by atoms with Gasteiger partial charge in [-0.1, -0.05) is 35.7 Å². The minimum atomic E-state index is -0.684. The van der Waals surface area contributed by atoms with Gasteiger partial charge in [0.2, 0.25) is 5.91 Å². The molecule has 0 radical (unpaired) electrons. The van der Waals surface area contributed by atoms with E-state index in [0.717, 1.165) is 12.0 Å². The number of benzene rings is 1. The van der Waals surface area contributed by atoms with Gasteiger partial charge in [0.15, 0.2) is 0 Å². The molecule has 1 aliphatic carbocycles. The Morgan fingerprint density at radius 2 is 1.96 bits per heavy atom. The molecular weight excluding hydrogens is 351 g/mol. The van der Waals surface area contributed by atoms with Gasteiger partial charge in [0.25, 0.3) is 5.91 Å². The fraction of sp³-hybridized carbons (Fsp3) is 0.312. The average molecular weight is 367 g/mol. The summed E-state index contributed by atoms with van der Waals surface area (Å²) in [6.07, 6.45) is 5.32. The Bertz CT molecular complexity index is 799. The number of halogens is 2. The summed E-state index contributed by atoms with van der Waals surface area (Å²) in [5.74, 6) is -0.676. The number of hydrazine groups is 1. The second kappa shape index (κ2) is 6.45. The smallest absolute Gasteiger partial charge is 0.272 e. The number of amides is 2. The highest BCUT2D eigenvalue weighted by Gasteiger charge is 2.46. The first-order valence-electron chi connectivity index (χ1n) is 7.47. The first-order valence-corrected chi connectivity index (χ1v) is 8.23. The molecule has 1 aliphatic rings. The molecule has 1 aromatic carbocycles. The van der Waals surface area contributed by atoms with Crippen LogP contribution >= 0.6 is 23.2 Å². The fourth-order valence-electron chi connectivity index (χ4n) is 2.81. The van der Waals surface area contributed by atoms with Crippen LogP contribution in [0.15, 0.2) is 30.6 Å². The number of hydrogen-bond acceptors (Lipinski definition) is 3. The molecule has 1 saturated carbocycles. The zero-order valence-electron chi connectivity index (χ0n) is 13.0. The normalized spacial score (nSPS) is 15.5. The molecule has 1 fully saturated rings. The number of aromatic nitrogens is 2. The van der Waals surface area contributed by atoms with E-state index in [0.29, 0.717) is 28.5 Å². The molecular formula is C16H16Cl2N4O2. The SMILES string of the molecule is Cn1cc(C(=O)NNC(=O)C2(c3ccc(Cl)c(Cl)c3)CCC2)cn1. The predicted octanol–water partition coefficient (Wildman–Crippen LogP) is 2.61. The highest BCUT2D eigenvalue weighted by molar-refractivity contribution is 6.42. The van der Waals surface area contributed by atoms with Crippen LogP contribution in [0.5, 0.6) is 0 Å². The highest BCUT2D eigenvalue weighted by atomic mass is 35.5. The lowest BCUT2D eigenvalue weighted by atomic mass is 9.64. The molecule has 0 saturated heterocycles. The Hall–Kier alpha value is -2.05. The Kier molecular flexibility index (Phi) is 4.51. The molecule has 2 amide bonds. The summed E-state index contributed by atoms with van der Waals surface area (Å²) in [4.78, 5) is 24.7. The molecule has 126 valence electrons. The third kappa shape index (κ3) is 2.99. The summed E-state index contributed by atoms with van der Waals surface area (Å²) >= 11 is 12.0. The second-order valence-corrected chi connectivity index (χ2v) is 6.69. The molecule has 1 aromatic heterocycles. The maximum atomic E-state index is 12.7. The van der Waals surface area contributed by atoms with Crippen LogP contribution in [0.4, 0.5) is 0 Å². The van der Waals surface area contributed by atoms with Crippen molar-refractivity contribution in [2.24, 2.45) is 7.05 Å². The minimum Gasteiger partial charge on any atom is -0.275 e. The van der Waals surface area contributed by atoms with Crippen molar-refractivity contribution in [2.45, 2.75) is 24.7 Å². The van der Waals surface area contributed by atoms with E-state index in [1.54, 1.807) is 31.4 Å². The molecule has 0 atom stereocenters. The van der Waals surface area contributed by atoms with E-state index < -0.39 is 11.3 Å². The number of carbonyl (C=O) groups excluding carboxylic acids is 2. The minimum absolute atomic E-state index is 0.260. The Morgan fingerprint density at radius 1 is 1.21 bits per heavy atom. The molecule has 2 N–H and O–H groups in total. The third-order valence-corrected chi connectivity index (χ3v) is 5.11. The Labute approximate surface area is 149 Å². The van der Waals surface area contributed by atoms with Gasteiger partial charge in [-0.3, -0.25) is 25.1 Å². The van der Waals surface area contributed by atoms with Crippen molar-refractivity contribution in [2.75, 3.05) is 0 Å². The van der Waals surface area contributed by atoms with Crippen LogP contribution in [0, 0.1) is 0 Å². The van der Waals surface area contributed by atoms with E-state index >= 15 is 0 Å². The van der Waals surface area contributed by atoms with Gasteiger partial charge in [0.05, 0.1) is 27.2 Å². The van der Waals surface area contributed by atoms with Gasteiger partial charge in [0, 0.05) is 13.2 Å². The molecule has 8 heteroatoms. The molecule has 0 spiro atoms. The van der Waals surface area contributed by atoms with Crippen molar-refractivity contribution < 1.29 is 9.59 Å². The topological polar surface area (TPSA) is 76.0 Å². The molecule has 6 nitrogen and oxygen atoms in total. The van der Waals surface area contributed by atoms with Crippen LogP contribution in [-0.4, -0.2) is 21.6 Å². The quantitative estimate of drug-likeness (QED) is 0.819. The van der Waals surface area contributed by atoms with Crippen LogP contribution in [0.1, 0.15) is 35.2 Å². The molecule has 0 bridgehead atoms. The number of nitrogens with zero attached hydrogens (tertiary/aromatic N) is 2. The zero-order valence-corrected chi connectivity index (χ0v) is 14.5. The van der Waals surface area contributed by atoms with E-state index in [4.69, 9.17) is 23.2 Å². The van der Waals surface area contributed by atoms with E-state index in [2.05, 4.69) is 16.0 Å². The van der Waals surface area contributed by atoms with E-state index in [-0.39, 0.29) is 5.91 Å². The van der Waals surface area contributed by atoms with Crippen molar-refractivity contribution >= 4 is 35.0 Å². The molecule has 3 rings (SSSR count). The maximum absolute atomic E-state index is 12.7. The third-order valence-electron chi connectivity index (χ3n) is 4.37. The van der Waals surface area contributed by atoms with E-state index in [1.165, 1.54) is 10.9 Å². The summed E-state index contributed by atoms with van der Waals surface area (Å²) in [5, 5.41) is 4.78. The van der Waals surface area contributed by atoms with Crippen LogP contribution in [0.3, 0.4) is 0 Å². The maximum Gasteiger partial charge on any atom is 0.272 e. The summed E-state index contributed by atoms with van der Waals surface area (Å²) in [6.45, 7) is 0. The van der Waals surface area contributed by atoms with Gasteiger partial charge in [-0.15, -0.1) is 0 Å². The average Bonchev–Trinajstić information content (AvgIpc) is 2.94. The van der Waals surface area contributed by atoms with Gasteiger partial charge in [-0.05, 0) is 30.5 Å². The van der Waals surface area contributed by atoms with Crippen LogP contribution in [-0.2, 0) is 17.3 Å². The number of rotatable bonds is 3. The number of carbonyl (C=O) groups is 2. The lowest BCUT2D eigenvalue weighted by Gasteiger charge is -2.40. The lowest BCUT2D eigenvalue weighted by Crippen LogP contribution is -2.54. The zero-order chi connectivity index (χ0) is 17.3. The fourth-order valence-corrected chi connectivity index (χ4v) is 3.11. The van der Waals surface area contributed by atoms with E-state index in [1.807, 2.05) is 0 Å². The predicted molar refractivity (Wildman–Crippen MR) is 90.8 cm³/mol. The summed E-state index contributed by atoms with van der Waals surface area (Å²) in [6, 6.07) is 5.20. The van der Waals surface area contributed by atoms with E-state index in [9.17, 15) is 9.59 Å². The largest absolute Gasteiger partial charge is 0.275 e. The van der Waals surface area contributed by atoms with Crippen LogP contribution in [0.2, 0.25) is 10.0 Å². The van der Waals surface area contributed by atoms with Crippen molar-refractivity contribution in [3.05, 3.63) is 51.8 Å². The van der Waals surface area contributed by atoms with Crippen molar-refractivity contribution in [1.82, 2.24) is 20.6 Å². The summed E-state index contributed by atoms with van der Waals surface area (Å²) in [7, 11) is 1.71. The lowest BCUT2D eigenvalue weighted by molar-refractivity contribution is -0.130.